The van der Waals surface area contributed by atoms with Crippen molar-refractivity contribution >= 4 is 62.2 Å². The molecule has 0 spiro atoms. The molecule has 236 valence electrons. The molecule has 0 atom stereocenters. The van der Waals surface area contributed by atoms with E-state index in [1.54, 1.807) is 0 Å². The summed E-state index contributed by atoms with van der Waals surface area (Å²) in [6, 6.07) is 58.1. The Bertz CT molecular complexity index is 2480. The fourth-order valence-electron chi connectivity index (χ4n) is 7.68. The molecular formula is C44H34N3OP. The maximum absolute atomic E-state index is 15.4. The third-order valence-corrected chi connectivity index (χ3v) is 13.0. The molecule has 5 heteroatoms. The Kier molecular flexibility index (Phi) is 6.72. The zero-order valence-electron chi connectivity index (χ0n) is 27.4. The second-order valence-corrected chi connectivity index (χ2v) is 15.9. The average Bonchev–Trinajstić information content (AvgIpc) is 3.50. The standard InChI is InChI=1S/C44H34N3OP/c1-44(2)36-22-11-14-25-40(36)47(42-26-15-27-43(45-42)49(48,32-16-5-3-6-17-32)33-18-7-4-8-19-33)41-29-28-31(30-37(41)44)46-38-23-12-9-20-34(38)35-21-10-13-24-39(35)46/h3-30H,1-2H3. The van der Waals surface area contributed by atoms with E-state index in [0.717, 1.165) is 33.5 Å². The molecule has 0 fully saturated rings. The Hall–Kier alpha value is -5.70. The number of fused-ring (bicyclic) bond motifs is 5. The number of benzene rings is 6. The summed E-state index contributed by atoms with van der Waals surface area (Å²) in [6.07, 6.45) is 0. The summed E-state index contributed by atoms with van der Waals surface area (Å²) in [7, 11) is -3.28. The first-order valence-electron chi connectivity index (χ1n) is 16.7. The summed E-state index contributed by atoms with van der Waals surface area (Å²) in [4.78, 5) is 7.52. The Morgan fingerprint density at radius 2 is 1.08 bits per heavy atom. The van der Waals surface area contributed by atoms with Crippen molar-refractivity contribution in [3.8, 4) is 5.69 Å². The predicted molar refractivity (Wildman–Crippen MR) is 205 cm³/mol. The molecule has 4 nitrogen and oxygen atoms in total. The molecule has 0 saturated heterocycles. The molecule has 1 aliphatic rings. The van der Waals surface area contributed by atoms with Gasteiger partial charge in [-0.2, -0.15) is 0 Å². The van der Waals surface area contributed by atoms with Gasteiger partial charge in [0.1, 0.15) is 11.3 Å². The molecule has 8 aromatic rings. The van der Waals surface area contributed by atoms with E-state index in [0.29, 0.717) is 5.44 Å². The van der Waals surface area contributed by atoms with Gasteiger partial charge in [0.05, 0.1) is 22.4 Å². The normalized spacial score (nSPS) is 13.7. The molecular weight excluding hydrogens is 617 g/mol. The summed E-state index contributed by atoms with van der Waals surface area (Å²) >= 11 is 0. The molecule has 0 aliphatic carbocycles. The Morgan fingerprint density at radius 1 is 0.531 bits per heavy atom. The van der Waals surface area contributed by atoms with E-state index in [-0.39, 0.29) is 5.41 Å². The van der Waals surface area contributed by atoms with Crippen molar-refractivity contribution in [2.24, 2.45) is 0 Å². The van der Waals surface area contributed by atoms with Crippen LogP contribution in [0, 0.1) is 0 Å². The van der Waals surface area contributed by atoms with Gasteiger partial charge >= 0.3 is 0 Å². The van der Waals surface area contributed by atoms with Gasteiger partial charge in [0, 0.05) is 32.5 Å². The maximum atomic E-state index is 15.4. The van der Waals surface area contributed by atoms with E-state index in [9.17, 15) is 0 Å². The third-order valence-electron chi connectivity index (χ3n) is 10.1. The van der Waals surface area contributed by atoms with Crippen molar-refractivity contribution in [3.05, 3.63) is 181 Å². The molecule has 0 saturated carbocycles. The molecule has 0 unspecified atom stereocenters. The van der Waals surface area contributed by atoms with Gasteiger partial charge in [-0.1, -0.05) is 135 Å². The van der Waals surface area contributed by atoms with Crippen molar-refractivity contribution in [2.45, 2.75) is 19.3 Å². The van der Waals surface area contributed by atoms with E-state index in [2.05, 4.69) is 114 Å². The van der Waals surface area contributed by atoms with E-state index in [1.165, 1.54) is 32.9 Å². The van der Waals surface area contributed by atoms with E-state index in [1.807, 2.05) is 78.9 Å². The van der Waals surface area contributed by atoms with Crippen LogP contribution in [-0.2, 0) is 9.98 Å². The maximum Gasteiger partial charge on any atom is 0.188 e. The number of hydrogen-bond donors (Lipinski definition) is 0. The molecule has 0 bridgehead atoms. The smallest absolute Gasteiger partial charge is 0.188 e. The minimum absolute atomic E-state index is 0.293. The number of aromatic nitrogens is 2. The topological polar surface area (TPSA) is 38.1 Å². The van der Waals surface area contributed by atoms with Crippen molar-refractivity contribution < 1.29 is 4.57 Å². The highest BCUT2D eigenvalue weighted by atomic mass is 31.2. The summed E-state index contributed by atoms with van der Waals surface area (Å²) in [5.41, 5.74) is 8.29. The van der Waals surface area contributed by atoms with Gasteiger partial charge in [-0.15, -0.1) is 0 Å². The first-order valence-corrected chi connectivity index (χ1v) is 18.4. The largest absolute Gasteiger partial charge is 0.309 e. The van der Waals surface area contributed by atoms with Crippen molar-refractivity contribution in [2.75, 3.05) is 4.90 Å². The van der Waals surface area contributed by atoms with Gasteiger partial charge in [0.25, 0.3) is 0 Å². The van der Waals surface area contributed by atoms with Gasteiger partial charge < -0.3 is 9.13 Å². The lowest BCUT2D eigenvalue weighted by Crippen LogP contribution is -2.32. The van der Waals surface area contributed by atoms with Crippen molar-refractivity contribution in [3.63, 3.8) is 0 Å². The monoisotopic (exact) mass is 651 g/mol. The predicted octanol–water partition coefficient (Wildman–Crippen LogP) is 9.93. The van der Waals surface area contributed by atoms with Crippen LogP contribution >= 0.6 is 7.14 Å². The van der Waals surface area contributed by atoms with E-state index in [4.69, 9.17) is 4.98 Å². The van der Waals surface area contributed by atoms with E-state index < -0.39 is 7.14 Å². The number of pyridine rings is 1. The second kappa shape index (κ2) is 11.2. The molecule has 49 heavy (non-hydrogen) atoms. The first-order chi connectivity index (χ1) is 24.0. The fourth-order valence-corrected chi connectivity index (χ4v) is 10.2. The van der Waals surface area contributed by atoms with Gasteiger partial charge in [-0.3, -0.25) is 4.90 Å². The van der Waals surface area contributed by atoms with Gasteiger partial charge in [-0.25, -0.2) is 4.98 Å². The Balaban J connectivity index is 1.26. The number of para-hydroxylation sites is 3. The third kappa shape index (κ3) is 4.45. The lowest BCUT2D eigenvalue weighted by Gasteiger charge is -2.41. The summed E-state index contributed by atoms with van der Waals surface area (Å²) in [5.74, 6) is 0.735. The molecule has 0 N–H and O–H groups in total. The lowest BCUT2D eigenvalue weighted by molar-refractivity contribution is 0.592. The summed E-state index contributed by atoms with van der Waals surface area (Å²) in [6.45, 7) is 4.61. The first kappa shape index (κ1) is 29.4. The van der Waals surface area contributed by atoms with Crippen LogP contribution in [0.5, 0.6) is 0 Å². The van der Waals surface area contributed by atoms with Crippen LogP contribution in [0.15, 0.2) is 170 Å². The quantitative estimate of drug-likeness (QED) is 0.174. The lowest BCUT2D eigenvalue weighted by atomic mass is 9.73. The molecule has 2 aromatic heterocycles. The fraction of sp³-hybridized carbons (Fsp3) is 0.0682. The van der Waals surface area contributed by atoms with Gasteiger partial charge in [0.2, 0.25) is 0 Å². The molecule has 3 heterocycles. The van der Waals surface area contributed by atoms with Crippen molar-refractivity contribution in [1.29, 1.82) is 0 Å². The SMILES string of the molecule is CC1(C)c2ccccc2N(c2cccc(P(=O)(c3ccccc3)c3ccccc3)n2)c2ccc(-n3c4ccccc4c4ccccc43)cc21. The molecule has 6 aromatic carbocycles. The van der Waals surface area contributed by atoms with Crippen molar-refractivity contribution in [1.82, 2.24) is 9.55 Å². The molecule has 1 aliphatic heterocycles. The van der Waals surface area contributed by atoms with Crippen LogP contribution in [-0.4, -0.2) is 9.55 Å². The van der Waals surface area contributed by atoms with Crippen LogP contribution in [0.3, 0.4) is 0 Å². The summed E-state index contributed by atoms with van der Waals surface area (Å²) in [5, 5.41) is 4.01. The van der Waals surface area contributed by atoms with Crippen LogP contribution in [0.2, 0.25) is 0 Å². The minimum atomic E-state index is -3.28. The highest BCUT2D eigenvalue weighted by Crippen LogP contribution is 2.52. The number of rotatable bonds is 5. The molecule has 0 amide bonds. The highest BCUT2D eigenvalue weighted by molar-refractivity contribution is 7.85. The zero-order chi connectivity index (χ0) is 33.2. The number of nitrogens with zero attached hydrogens (tertiary/aromatic N) is 3. The second-order valence-electron chi connectivity index (χ2n) is 13.2. The highest BCUT2D eigenvalue weighted by Gasteiger charge is 2.38. The average molecular weight is 652 g/mol. The summed E-state index contributed by atoms with van der Waals surface area (Å²) < 4.78 is 17.7. The van der Waals surface area contributed by atoms with Crippen LogP contribution in [0.25, 0.3) is 27.5 Å². The zero-order valence-corrected chi connectivity index (χ0v) is 28.3. The van der Waals surface area contributed by atoms with Gasteiger partial charge in [0.15, 0.2) is 7.14 Å². The molecule has 0 radical (unpaired) electrons. The number of anilines is 3. The van der Waals surface area contributed by atoms with Crippen LogP contribution in [0.4, 0.5) is 17.2 Å². The minimum Gasteiger partial charge on any atom is -0.309 e. The van der Waals surface area contributed by atoms with Crippen LogP contribution in [0.1, 0.15) is 25.0 Å². The Morgan fingerprint density at radius 3 is 1.73 bits per heavy atom. The van der Waals surface area contributed by atoms with Gasteiger partial charge in [-0.05, 0) is 59.7 Å². The van der Waals surface area contributed by atoms with E-state index >= 15 is 4.57 Å². The Labute approximate surface area is 286 Å². The molecule has 9 rings (SSSR count). The van der Waals surface area contributed by atoms with Crippen LogP contribution < -0.4 is 20.9 Å². The number of hydrogen-bond acceptors (Lipinski definition) is 3.